The van der Waals surface area contributed by atoms with Gasteiger partial charge in [0, 0.05) is 26.7 Å². The maximum atomic E-state index is 12.4. The number of β-amino-alcohol motifs (C(OH)–C–C–N with tert-alkyl or cyclic N) is 1. The fraction of sp³-hybridized carbons (Fsp3) is 0.618. The number of carbonyl (C=O) groups is 1. The van der Waals surface area contributed by atoms with E-state index in [1.807, 2.05) is 18.7 Å². The summed E-state index contributed by atoms with van der Waals surface area (Å²) in [5.74, 6) is 0.806. The van der Waals surface area contributed by atoms with E-state index in [4.69, 9.17) is 44.8 Å². The van der Waals surface area contributed by atoms with Gasteiger partial charge < -0.3 is 59.1 Å². The minimum absolute atomic E-state index is 0.0424. The second-order valence-electron chi connectivity index (χ2n) is 11.8. The average Bonchev–Trinajstić information content (AvgIpc) is 3.53. The van der Waals surface area contributed by atoms with Crippen molar-refractivity contribution in [2.45, 2.75) is 32.4 Å². The molecule has 1 aliphatic heterocycles. The van der Waals surface area contributed by atoms with E-state index in [1.54, 1.807) is 30.0 Å². The van der Waals surface area contributed by atoms with Crippen LogP contribution >= 0.6 is 11.6 Å². The Morgan fingerprint density at radius 2 is 1.62 bits per heavy atom. The number of methoxy groups -OCH3 is 1. The molecule has 4 N–H and O–H groups in total. The first-order valence-electron chi connectivity index (χ1n) is 17.5. The largest absolute Gasteiger partial charge is 0.447 e. The summed E-state index contributed by atoms with van der Waals surface area (Å²) in [6.07, 6.45) is 0.534. The maximum Gasteiger partial charge on any atom is 0.407 e. The molecule has 4 rings (SSSR count). The van der Waals surface area contributed by atoms with Crippen LogP contribution in [-0.4, -0.2) is 149 Å². The number of aromatic nitrogens is 4. The van der Waals surface area contributed by atoms with Gasteiger partial charge in [-0.3, -0.25) is 0 Å². The van der Waals surface area contributed by atoms with Crippen molar-refractivity contribution in [1.82, 2.24) is 24.9 Å². The molecule has 0 radical (unpaired) electrons. The van der Waals surface area contributed by atoms with Crippen LogP contribution in [0, 0.1) is 18.3 Å². The van der Waals surface area contributed by atoms with Crippen molar-refractivity contribution in [3.63, 3.8) is 0 Å². The number of hydrogen-bond donors (Lipinski definition) is 4. The molecule has 1 fully saturated rings. The first-order valence-corrected chi connectivity index (χ1v) is 17.9. The molecule has 1 amide bonds. The zero-order valence-electron chi connectivity index (χ0n) is 30.5. The lowest BCUT2D eigenvalue weighted by molar-refractivity contribution is -0.0169. The molecule has 1 saturated heterocycles. The number of fused-ring (bicyclic) bond motifs is 1. The third-order valence-electron chi connectivity index (χ3n) is 7.91. The number of aliphatic hydroxyl groups is 1. The maximum absolute atomic E-state index is 12.4. The van der Waals surface area contributed by atoms with Gasteiger partial charge in [-0.15, -0.1) is 5.10 Å². The van der Waals surface area contributed by atoms with Gasteiger partial charge in [0.1, 0.15) is 6.61 Å². The van der Waals surface area contributed by atoms with Gasteiger partial charge in [-0.2, -0.15) is 10.2 Å². The molecule has 19 heteroatoms. The first kappa shape index (κ1) is 41.7. The summed E-state index contributed by atoms with van der Waals surface area (Å²) in [6, 6.07) is 4.91. The molecule has 0 saturated carbocycles. The van der Waals surface area contributed by atoms with Crippen molar-refractivity contribution < 1.29 is 43.1 Å². The number of imidazole rings is 1. The number of halogens is 1. The molecular weight excluding hydrogens is 714 g/mol. The van der Waals surface area contributed by atoms with Crippen molar-refractivity contribution in [3.8, 4) is 6.07 Å². The van der Waals surface area contributed by atoms with Gasteiger partial charge >= 0.3 is 6.09 Å². The Bertz CT molecular complexity index is 1610. The molecule has 2 unspecified atom stereocenters. The topological polar surface area (TPSA) is 208 Å². The molecule has 292 valence electrons. The SMILES string of the molecule is CCNc1nc(Nc2cc(C#N)cc(N3CCC(NC(=O)OCCOCCOCCOCCOCCOCCOC)C(O)C3)c2Cl)nn2c(C)cnc12. The molecule has 0 aliphatic carbocycles. The Kier molecular flexibility index (Phi) is 18.0. The summed E-state index contributed by atoms with van der Waals surface area (Å²) >= 11 is 6.87. The van der Waals surface area contributed by atoms with Crippen LogP contribution in [0.2, 0.25) is 5.02 Å². The summed E-state index contributed by atoms with van der Waals surface area (Å²) < 4.78 is 38.9. The van der Waals surface area contributed by atoms with Crippen LogP contribution < -0.4 is 20.9 Å². The highest BCUT2D eigenvalue weighted by atomic mass is 35.5. The van der Waals surface area contributed by atoms with E-state index in [1.165, 1.54) is 0 Å². The Labute approximate surface area is 313 Å². The van der Waals surface area contributed by atoms with Gasteiger partial charge in [-0.1, -0.05) is 11.6 Å². The number of nitriles is 1. The zero-order valence-corrected chi connectivity index (χ0v) is 31.2. The van der Waals surface area contributed by atoms with E-state index in [0.717, 1.165) is 5.69 Å². The summed E-state index contributed by atoms with van der Waals surface area (Å²) in [6.45, 7) is 9.99. The van der Waals surface area contributed by atoms with Gasteiger partial charge in [0.05, 0.1) is 125 Å². The molecule has 2 aromatic heterocycles. The minimum Gasteiger partial charge on any atom is -0.447 e. The predicted molar refractivity (Wildman–Crippen MR) is 196 cm³/mol. The lowest BCUT2D eigenvalue weighted by Gasteiger charge is -2.38. The van der Waals surface area contributed by atoms with Crippen molar-refractivity contribution in [3.05, 3.63) is 34.6 Å². The highest BCUT2D eigenvalue weighted by molar-refractivity contribution is 6.36. The molecule has 3 heterocycles. The monoisotopic (exact) mass is 763 g/mol. The quantitative estimate of drug-likeness (QED) is 0.0967. The van der Waals surface area contributed by atoms with E-state index >= 15 is 0 Å². The number of alkyl carbamates (subject to hydrolysis) is 1. The molecule has 1 aromatic carbocycles. The van der Waals surface area contributed by atoms with Crippen LogP contribution in [0.5, 0.6) is 0 Å². The van der Waals surface area contributed by atoms with Crippen LogP contribution in [0.3, 0.4) is 0 Å². The standard InChI is InChI=1S/C34H50ClN9O9/c1-4-37-31-32-38-22-24(2)44(32)42-33(41-31)39-27-19-25(21-36)20-28(30(27)35)43-6-5-26(29(45)23-43)40-34(46)53-18-17-52-16-15-51-14-13-50-12-11-49-10-9-48-8-7-47-3/h19-20,22,26,29,45H,4-18,23H2,1-3H3,(H,40,46)(H2,37,39,41,42). The lowest BCUT2D eigenvalue weighted by atomic mass is 10.0. The number of piperidine rings is 1. The van der Waals surface area contributed by atoms with Crippen molar-refractivity contribution in [1.29, 1.82) is 5.26 Å². The number of amides is 1. The van der Waals surface area contributed by atoms with Crippen LogP contribution in [0.25, 0.3) is 5.65 Å². The molecule has 53 heavy (non-hydrogen) atoms. The smallest absolute Gasteiger partial charge is 0.407 e. The normalized spacial score (nSPS) is 15.7. The number of carbonyl (C=O) groups excluding carboxylic acids is 1. The Morgan fingerprint density at radius 1 is 1.00 bits per heavy atom. The van der Waals surface area contributed by atoms with E-state index in [2.05, 4.69) is 37.1 Å². The second kappa shape index (κ2) is 22.9. The van der Waals surface area contributed by atoms with Crippen molar-refractivity contribution in [2.24, 2.45) is 0 Å². The fourth-order valence-corrected chi connectivity index (χ4v) is 5.55. The van der Waals surface area contributed by atoms with Crippen molar-refractivity contribution >= 4 is 46.5 Å². The second-order valence-corrected chi connectivity index (χ2v) is 12.2. The van der Waals surface area contributed by atoms with Gasteiger partial charge in [-0.25, -0.2) is 14.3 Å². The highest BCUT2D eigenvalue weighted by Crippen LogP contribution is 2.37. The third kappa shape index (κ3) is 13.4. The molecule has 0 bridgehead atoms. The fourth-order valence-electron chi connectivity index (χ4n) is 5.27. The van der Waals surface area contributed by atoms with Gasteiger partial charge in [-0.05, 0) is 32.4 Å². The van der Waals surface area contributed by atoms with Crippen LogP contribution in [0.1, 0.15) is 24.6 Å². The summed E-state index contributed by atoms with van der Waals surface area (Å²) in [5.41, 5.74) is 2.74. The van der Waals surface area contributed by atoms with Crippen LogP contribution in [0.4, 0.5) is 27.9 Å². The lowest BCUT2D eigenvalue weighted by Crippen LogP contribution is -2.54. The minimum atomic E-state index is -0.928. The summed E-state index contributed by atoms with van der Waals surface area (Å²) in [5, 5.41) is 34.7. The summed E-state index contributed by atoms with van der Waals surface area (Å²) in [4.78, 5) is 23.2. The Hall–Kier alpha value is -4.06. The average molecular weight is 764 g/mol. The molecule has 2 atom stereocenters. The molecule has 0 spiro atoms. The number of aryl methyl sites for hydroxylation is 1. The predicted octanol–water partition coefficient (Wildman–Crippen LogP) is 2.53. The Balaban J connectivity index is 1.13. The summed E-state index contributed by atoms with van der Waals surface area (Å²) in [7, 11) is 1.63. The first-order chi connectivity index (χ1) is 25.8. The van der Waals surface area contributed by atoms with E-state index < -0.39 is 18.2 Å². The van der Waals surface area contributed by atoms with Gasteiger partial charge in [0.2, 0.25) is 5.95 Å². The number of hydrogen-bond acceptors (Lipinski definition) is 16. The number of ether oxygens (including phenoxy) is 7. The number of nitrogens with one attached hydrogen (secondary N) is 3. The van der Waals surface area contributed by atoms with E-state index in [-0.39, 0.29) is 25.7 Å². The number of nitrogens with zero attached hydrogens (tertiary/aromatic N) is 6. The van der Waals surface area contributed by atoms with Crippen LogP contribution in [0.15, 0.2) is 18.3 Å². The third-order valence-corrected chi connectivity index (χ3v) is 8.31. The van der Waals surface area contributed by atoms with Crippen LogP contribution in [-0.2, 0) is 33.2 Å². The molecular formula is C34H50ClN9O9. The molecule has 1 aliphatic rings. The number of rotatable bonds is 24. The zero-order chi connectivity index (χ0) is 37.8. The van der Waals surface area contributed by atoms with Crippen molar-refractivity contribution in [2.75, 3.05) is 122 Å². The Morgan fingerprint density at radius 3 is 2.21 bits per heavy atom. The van der Waals surface area contributed by atoms with E-state index in [9.17, 15) is 15.2 Å². The number of aliphatic hydroxyl groups excluding tert-OH is 1. The van der Waals surface area contributed by atoms with Gasteiger partial charge in [0.15, 0.2) is 11.5 Å². The molecule has 3 aromatic rings. The van der Waals surface area contributed by atoms with Gasteiger partial charge in [0.25, 0.3) is 0 Å². The number of benzene rings is 1. The number of anilines is 4. The highest BCUT2D eigenvalue weighted by Gasteiger charge is 2.31. The molecule has 18 nitrogen and oxygen atoms in total. The van der Waals surface area contributed by atoms with E-state index in [0.29, 0.717) is 119 Å².